The molecule has 0 amide bonds. The number of fused-ring (bicyclic) bond motifs is 1. The molecule has 4 atom stereocenters. The highest BCUT2D eigenvalue weighted by Crippen LogP contribution is 2.64. The van der Waals surface area contributed by atoms with E-state index >= 15 is 0 Å². The zero-order valence-corrected chi connectivity index (χ0v) is 16.7. The van der Waals surface area contributed by atoms with E-state index in [0.717, 1.165) is 17.8 Å². The maximum atomic E-state index is 13.2. The van der Waals surface area contributed by atoms with E-state index < -0.39 is 17.6 Å². The fraction of sp³-hybridized carbons (Fsp3) is 0.619. The number of alkyl halides is 3. The van der Waals surface area contributed by atoms with E-state index in [-0.39, 0.29) is 6.04 Å². The lowest BCUT2D eigenvalue weighted by atomic mass is 10.00. The zero-order chi connectivity index (χ0) is 20.5. The third-order valence-electron chi connectivity index (χ3n) is 6.94. The van der Waals surface area contributed by atoms with E-state index in [0.29, 0.717) is 29.0 Å². The molecule has 1 saturated heterocycles. The molecule has 2 saturated carbocycles. The van der Waals surface area contributed by atoms with Gasteiger partial charge in [-0.25, -0.2) is 4.98 Å². The highest BCUT2D eigenvalue weighted by atomic mass is 19.4. The Hall–Kier alpha value is -2.09. The van der Waals surface area contributed by atoms with E-state index in [1.165, 1.54) is 38.5 Å². The van der Waals surface area contributed by atoms with Gasteiger partial charge in [0.05, 0.1) is 11.3 Å². The summed E-state index contributed by atoms with van der Waals surface area (Å²) in [6.45, 7) is 6.58. The van der Waals surface area contributed by atoms with Gasteiger partial charge in [-0.15, -0.1) is 0 Å². The molecule has 3 heterocycles. The largest absolute Gasteiger partial charge is 0.419 e. The molecule has 0 radical (unpaired) electrons. The second-order valence-electron chi connectivity index (χ2n) is 9.02. The predicted octanol–water partition coefficient (Wildman–Crippen LogP) is 4.32. The van der Waals surface area contributed by atoms with Crippen LogP contribution >= 0.6 is 0 Å². The van der Waals surface area contributed by atoms with Gasteiger partial charge in [0, 0.05) is 35.5 Å². The number of nitrogen functional groups attached to an aromatic ring is 1. The number of likely N-dealkylation sites (tertiary alicyclic amines) is 1. The smallest absolute Gasteiger partial charge is 0.383 e. The Balaban J connectivity index is 1.43. The van der Waals surface area contributed by atoms with Crippen LogP contribution in [0.4, 0.5) is 19.0 Å². The first-order valence-corrected chi connectivity index (χ1v) is 10.4. The Kier molecular flexibility index (Phi) is 4.21. The van der Waals surface area contributed by atoms with Gasteiger partial charge in [-0.2, -0.15) is 18.3 Å². The molecule has 5 rings (SSSR count). The predicted molar refractivity (Wildman–Crippen MR) is 104 cm³/mol. The zero-order valence-electron chi connectivity index (χ0n) is 16.7. The van der Waals surface area contributed by atoms with Crippen LogP contribution < -0.4 is 5.73 Å². The summed E-state index contributed by atoms with van der Waals surface area (Å²) in [5, 5.41) is 4.66. The lowest BCUT2D eigenvalue weighted by molar-refractivity contribution is -0.137. The summed E-state index contributed by atoms with van der Waals surface area (Å²) in [5.74, 6) is 1.33. The first kappa shape index (κ1) is 18.9. The van der Waals surface area contributed by atoms with Crippen molar-refractivity contribution in [1.29, 1.82) is 0 Å². The van der Waals surface area contributed by atoms with Crippen molar-refractivity contribution in [2.75, 3.05) is 18.8 Å². The van der Waals surface area contributed by atoms with Crippen LogP contribution in [0.15, 0.2) is 18.3 Å². The average molecular weight is 405 g/mol. The first-order chi connectivity index (χ1) is 13.7. The van der Waals surface area contributed by atoms with E-state index in [1.54, 1.807) is 0 Å². The van der Waals surface area contributed by atoms with Crippen LogP contribution in [0, 0.1) is 11.8 Å². The normalized spacial score (nSPS) is 29.2. The molecular weight excluding hydrogens is 379 g/mol. The highest BCUT2D eigenvalue weighted by molar-refractivity contribution is 5.63. The molecule has 0 aromatic carbocycles. The van der Waals surface area contributed by atoms with Crippen LogP contribution in [0.5, 0.6) is 0 Å². The summed E-state index contributed by atoms with van der Waals surface area (Å²) in [6.07, 6.45) is 0.629. The molecule has 2 aliphatic carbocycles. The van der Waals surface area contributed by atoms with Crippen molar-refractivity contribution in [1.82, 2.24) is 19.7 Å². The number of nitrogens with zero attached hydrogens (tertiary/aromatic N) is 4. The number of aromatic nitrogens is 3. The van der Waals surface area contributed by atoms with Crippen molar-refractivity contribution in [2.45, 2.75) is 57.3 Å². The van der Waals surface area contributed by atoms with Crippen molar-refractivity contribution in [2.24, 2.45) is 11.8 Å². The maximum absolute atomic E-state index is 13.2. The average Bonchev–Trinajstić information content (AvgIpc) is 2.96. The number of pyridine rings is 1. The molecule has 0 unspecified atom stereocenters. The molecule has 3 fully saturated rings. The molecule has 2 N–H and O–H groups in total. The number of nitrogens with two attached hydrogens (primary N) is 1. The van der Waals surface area contributed by atoms with Gasteiger partial charge in [-0.05, 0) is 70.2 Å². The van der Waals surface area contributed by atoms with Crippen LogP contribution in [0.25, 0.3) is 11.3 Å². The first-order valence-electron chi connectivity index (χ1n) is 10.4. The fourth-order valence-corrected chi connectivity index (χ4v) is 5.31. The molecular formula is C21H26F3N5. The summed E-state index contributed by atoms with van der Waals surface area (Å²) in [5.41, 5.74) is 6.59. The Bertz CT molecular complexity index is 919. The van der Waals surface area contributed by atoms with Gasteiger partial charge in [0.15, 0.2) is 0 Å². The molecule has 156 valence electrons. The van der Waals surface area contributed by atoms with Crippen LogP contribution in [0.1, 0.15) is 56.3 Å². The number of rotatable bonds is 4. The SMILES string of the molecule is CC(C)n1nc(-c2cnc(N)c(C(F)(F)F)c2)cc1[C@H]1[C@@H]2C[C@@H](N3CCC3)C[C@@H]21. The van der Waals surface area contributed by atoms with Crippen molar-refractivity contribution >= 4 is 5.82 Å². The standard InChI is InChI=1S/C21H26F3N5/c1-11(2)29-18(19-14-7-13(8-15(14)19)28-4-3-5-28)9-17(27-29)12-6-16(21(22,23)24)20(25)26-10-12/h6,9-11,13-15,19H,3-5,7-8H2,1-2H3,(H2,25,26)/t13-,14-,15+,19+. The highest BCUT2D eigenvalue weighted by Gasteiger charge is 2.59. The lowest BCUT2D eigenvalue weighted by Gasteiger charge is -2.37. The van der Waals surface area contributed by atoms with Crippen LogP contribution in [0.3, 0.4) is 0 Å². The molecule has 0 spiro atoms. The second-order valence-corrected chi connectivity index (χ2v) is 9.02. The molecule has 29 heavy (non-hydrogen) atoms. The molecule has 0 bridgehead atoms. The van der Waals surface area contributed by atoms with Crippen molar-refractivity contribution in [3.05, 3.63) is 29.6 Å². The molecule has 5 nitrogen and oxygen atoms in total. The lowest BCUT2D eigenvalue weighted by Crippen LogP contribution is -2.44. The Morgan fingerprint density at radius 3 is 2.38 bits per heavy atom. The minimum absolute atomic E-state index is 0.148. The van der Waals surface area contributed by atoms with Crippen LogP contribution in [-0.4, -0.2) is 38.8 Å². The number of halogens is 3. The summed E-state index contributed by atoms with van der Waals surface area (Å²) < 4.78 is 41.7. The van der Waals surface area contributed by atoms with Crippen molar-refractivity contribution < 1.29 is 13.2 Å². The third kappa shape index (κ3) is 3.12. The Morgan fingerprint density at radius 2 is 1.83 bits per heavy atom. The van der Waals surface area contributed by atoms with Gasteiger partial charge in [-0.1, -0.05) is 0 Å². The molecule has 2 aromatic heterocycles. The van der Waals surface area contributed by atoms with Gasteiger partial charge < -0.3 is 10.6 Å². The maximum Gasteiger partial charge on any atom is 0.419 e. The number of anilines is 1. The van der Waals surface area contributed by atoms with Gasteiger partial charge >= 0.3 is 6.18 Å². The summed E-state index contributed by atoms with van der Waals surface area (Å²) >= 11 is 0. The van der Waals surface area contributed by atoms with Crippen molar-refractivity contribution in [3.63, 3.8) is 0 Å². The topological polar surface area (TPSA) is 60.0 Å². The number of hydrogen-bond donors (Lipinski definition) is 1. The number of hydrogen-bond acceptors (Lipinski definition) is 4. The summed E-state index contributed by atoms with van der Waals surface area (Å²) in [6, 6.07) is 3.90. The Labute approximate surface area is 168 Å². The fourth-order valence-electron chi connectivity index (χ4n) is 5.31. The Morgan fingerprint density at radius 1 is 1.14 bits per heavy atom. The van der Waals surface area contributed by atoms with E-state index in [2.05, 4.69) is 28.8 Å². The van der Waals surface area contributed by atoms with Crippen LogP contribution in [0.2, 0.25) is 0 Å². The molecule has 8 heteroatoms. The van der Waals surface area contributed by atoms with Gasteiger partial charge in [0.1, 0.15) is 5.82 Å². The third-order valence-corrected chi connectivity index (χ3v) is 6.94. The minimum atomic E-state index is -4.53. The van der Waals surface area contributed by atoms with Gasteiger partial charge in [0.2, 0.25) is 0 Å². The monoisotopic (exact) mass is 405 g/mol. The minimum Gasteiger partial charge on any atom is -0.383 e. The second kappa shape index (κ2) is 6.45. The van der Waals surface area contributed by atoms with E-state index in [9.17, 15) is 13.2 Å². The van der Waals surface area contributed by atoms with Crippen LogP contribution in [-0.2, 0) is 6.18 Å². The summed E-state index contributed by atoms with van der Waals surface area (Å²) in [7, 11) is 0. The van der Waals surface area contributed by atoms with E-state index in [1.807, 2.05) is 10.7 Å². The quantitative estimate of drug-likeness (QED) is 0.823. The molecule has 3 aliphatic rings. The van der Waals surface area contributed by atoms with Gasteiger partial charge in [0.25, 0.3) is 0 Å². The summed E-state index contributed by atoms with van der Waals surface area (Å²) in [4.78, 5) is 6.36. The van der Waals surface area contributed by atoms with E-state index in [4.69, 9.17) is 5.73 Å². The van der Waals surface area contributed by atoms with Gasteiger partial charge in [-0.3, -0.25) is 4.68 Å². The van der Waals surface area contributed by atoms with Crippen molar-refractivity contribution in [3.8, 4) is 11.3 Å². The molecule has 2 aromatic rings. The molecule has 1 aliphatic heterocycles.